The van der Waals surface area contributed by atoms with Gasteiger partial charge in [-0.05, 0) is 50.7 Å². The Labute approximate surface area is 167 Å². The molecule has 3 rings (SSSR count). The maximum absolute atomic E-state index is 13.4. The van der Waals surface area contributed by atoms with Gasteiger partial charge >= 0.3 is 0 Å². The largest absolute Gasteiger partial charge is 0.337 e. The van der Waals surface area contributed by atoms with E-state index in [4.69, 9.17) is 0 Å². The average molecular weight is 385 g/mol. The molecule has 1 aliphatic heterocycles. The van der Waals surface area contributed by atoms with Crippen molar-refractivity contribution in [2.45, 2.75) is 65.3 Å². The number of piperidine rings is 1. The minimum absolute atomic E-state index is 0.0654. The molecular weight excluding hydrogens is 352 g/mol. The van der Waals surface area contributed by atoms with E-state index < -0.39 is 0 Å². The van der Waals surface area contributed by atoms with Crippen molar-refractivity contribution in [1.82, 2.24) is 19.2 Å². The van der Waals surface area contributed by atoms with E-state index in [1.165, 1.54) is 0 Å². The summed E-state index contributed by atoms with van der Waals surface area (Å²) in [6.07, 6.45) is 7.81. The Bertz CT molecular complexity index is 823. The van der Waals surface area contributed by atoms with Gasteiger partial charge in [0.05, 0.1) is 5.52 Å². The zero-order valence-electron chi connectivity index (χ0n) is 17.4. The van der Waals surface area contributed by atoms with Crippen LogP contribution < -0.4 is 0 Å². The zero-order valence-corrected chi connectivity index (χ0v) is 17.4. The molecule has 0 aliphatic carbocycles. The molecule has 1 saturated heterocycles. The molecule has 28 heavy (non-hydrogen) atoms. The molecule has 2 amide bonds. The Morgan fingerprint density at radius 2 is 1.89 bits per heavy atom. The number of amides is 2. The summed E-state index contributed by atoms with van der Waals surface area (Å²) in [5.74, 6) is 0.203. The Morgan fingerprint density at radius 1 is 1.14 bits per heavy atom. The van der Waals surface area contributed by atoms with Gasteiger partial charge in [-0.25, -0.2) is 4.98 Å². The molecule has 0 N–H and O–H groups in total. The monoisotopic (exact) mass is 384 g/mol. The zero-order chi connectivity index (χ0) is 20.1. The molecule has 3 heterocycles. The standard InChI is InChI=1S/C22H32N4O2/c1-4-13-24(14-5-2)21(27)19-18-12-8-10-16-26(18)20(23-19)22(28)25-15-9-7-11-17(25)6-3/h8,10,12,16-17H,4-7,9,11,13-15H2,1-3H3. The van der Waals surface area contributed by atoms with E-state index in [9.17, 15) is 9.59 Å². The first-order valence-corrected chi connectivity index (χ1v) is 10.7. The van der Waals surface area contributed by atoms with E-state index in [1.54, 1.807) is 4.40 Å². The third-order valence-corrected chi connectivity index (χ3v) is 5.58. The molecule has 1 unspecified atom stereocenters. The second-order valence-corrected chi connectivity index (χ2v) is 7.59. The number of aromatic nitrogens is 2. The molecule has 0 bridgehead atoms. The number of rotatable bonds is 7. The van der Waals surface area contributed by atoms with E-state index in [0.29, 0.717) is 30.1 Å². The fraction of sp³-hybridized carbons (Fsp3) is 0.591. The molecule has 1 aliphatic rings. The van der Waals surface area contributed by atoms with Gasteiger partial charge in [0.2, 0.25) is 5.82 Å². The van der Waals surface area contributed by atoms with E-state index in [1.807, 2.05) is 34.2 Å². The molecule has 0 radical (unpaired) electrons. The summed E-state index contributed by atoms with van der Waals surface area (Å²) in [4.78, 5) is 35.0. The summed E-state index contributed by atoms with van der Waals surface area (Å²) in [6.45, 7) is 8.43. The predicted molar refractivity (Wildman–Crippen MR) is 111 cm³/mol. The fourth-order valence-electron chi connectivity index (χ4n) is 4.17. The summed E-state index contributed by atoms with van der Waals surface area (Å²) >= 11 is 0. The molecule has 6 nitrogen and oxygen atoms in total. The number of hydrogen-bond acceptors (Lipinski definition) is 3. The van der Waals surface area contributed by atoms with Gasteiger partial charge in [0.1, 0.15) is 0 Å². The maximum Gasteiger partial charge on any atom is 0.290 e. The van der Waals surface area contributed by atoms with Gasteiger partial charge in [0.25, 0.3) is 11.8 Å². The van der Waals surface area contributed by atoms with Gasteiger partial charge in [0.15, 0.2) is 5.69 Å². The third kappa shape index (κ3) is 3.91. The van der Waals surface area contributed by atoms with Crippen LogP contribution in [0.5, 0.6) is 0 Å². The van der Waals surface area contributed by atoms with Gasteiger partial charge in [-0.15, -0.1) is 0 Å². The van der Waals surface area contributed by atoms with Crippen LogP contribution in [0.4, 0.5) is 0 Å². The van der Waals surface area contributed by atoms with Crippen LogP contribution >= 0.6 is 0 Å². The van der Waals surface area contributed by atoms with Crippen LogP contribution in [0.2, 0.25) is 0 Å². The molecule has 2 aromatic heterocycles. The van der Waals surface area contributed by atoms with Crippen LogP contribution in [-0.4, -0.2) is 56.7 Å². The smallest absolute Gasteiger partial charge is 0.290 e. The van der Waals surface area contributed by atoms with Crippen LogP contribution in [0.15, 0.2) is 24.4 Å². The Kier molecular flexibility index (Phi) is 6.70. The number of carbonyl (C=O) groups excluding carboxylic acids is 2. The average Bonchev–Trinajstić information content (AvgIpc) is 3.12. The minimum atomic E-state index is -0.0860. The lowest BCUT2D eigenvalue weighted by Gasteiger charge is -2.34. The second kappa shape index (κ2) is 9.22. The van der Waals surface area contributed by atoms with Crippen LogP contribution in [0.25, 0.3) is 5.52 Å². The Hall–Kier alpha value is -2.37. The molecule has 1 atom stereocenters. The number of imidazole rings is 1. The highest BCUT2D eigenvalue weighted by molar-refractivity contribution is 6.02. The maximum atomic E-state index is 13.4. The summed E-state index contributed by atoms with van der Waals surface area (Å²) in [6, 6.07) is 5.90. The number of pyridine rings is 1. The summed E-state index contributed by atoms with van der Waals surface area (Å²) < 4.78 is 1.78. The molecular formula is C22H32N4O2. The van der Waals surface area contributed by atoms with Crippen molar-refractivity contribution in [3.63, 3.8) is 0 Å². The lowest BCUT2D eigenvalue weighted by Crippen LogP contribution is -2.44. The van der Waals surface area contributed by atoms with Crippen LogP contribution in [0, 0.1) is 0 Å². The van der Waals surface area contributed by atoms with Crippen molar-refractivity contribution >= 4 is 17.3 Å². The van der Waals surface area contributed by atoms with Gasteiger partial charge < -0.3 is 9.80 Å². The highest BCUT2D eigenvalue weighted by atomic mass is 16.2. The number of hydrogen-bond donors (Lipinski definition) is 0. The van der Waals surface area contributed by atoms with Gasteiger partial charge in [0, 0.05) is 31.9 Å². The molecule has 2 aromatic rings. The number of nitrogens with zero attached hydrogens (tertiary/aromatic N) is 4. The second-order valence-electron chi connectivity index (χ2n) is 7.59. The van der Waals surface area contributed by atoms with Crippen LogP contribution in [0.1, 0.15) is 80.4 Å². The Morgan fingerprint density at radius 3 is 2.57 bits per heavy atom. The topological polar surface area (TPSA) is 57.9 Å². The molecule has 6 heteroatoms. The molecule has 1 fully saturated rings. The number of carbonyl (C=O) groups is 2. The first kappa shape index (κ1) is 20.4. The molecule has 0 spiro atoms. The third-order valence-electron chi connectivity index (χ3n) is 5.58. The van der Waals surface area contributed by atoms with E-state index >= 15 is 0 Å². The predicted octanol–water partition coefficient (Wildman–Crippen LogP) is 4.00. The van der Waals surface area contributed by atoms with Crippen LogP contribution in [0.3, 0.4) is 0 Å². The van der Waals surface area contributed by atoms with Crippen molar-refractivity contribution in [3.05, 3.63) is 35.9 Å². The van der Waals surface area contributed by atoms with Crippen molar-refractivity contribution in [2.24, 2.45) is 0 Å². The molecule has 0 saturated carbocycles. The van der Waals surface area contributed by atoms with E-state index in [0.717, 1.165) is 45.1 Å². The first-order chi connectivity index (χ1) is 13.6. The van der Waals surface area contributed by atoms with E-state index in [-0.39, 0.29) is 17.9 Å². The van der Waals surface area contributed by atoms with Gasteiger partial charge in [-0.3, -0.25) is 14.0 Å². The summed E-state index contributed by atoms with van der Waals surface area (Å²) in [5, 5.41) is 0. The van der Waals surface area contributed by atoms with Gasteiger partial charge in [-0.2, -0.15) is 0 Å². The van der Waals surface area contributed by atoms with Gasteiger partial charge in [-0.1, -0.05) is 26.8 Å². The first-order valence-electron chi connectivity index (χ1n) is 10.7. The SMILES string of the molecule is CCCN(CCC)C(=O)c1nc(C(=O)N2CCCCC2CC)n2ccccc12. The molecule has 152 valence electrons. The van der Waals surface area contributed by atoms with Crippen molar-refractivity contribution in [1.29, 1.82) is 0 Å². The number of likely N-dealkylation sites (tertiary alicyclic amines) is 1. The van der Waals surface area contributed by atoms with E-state index in [2.05, 4.69) is 25.8 Å². The summed E-state index contributed by atoms with van der Waals surface area (Å²) in [7, 11) is 0. The molecule has 0 aromatic carbocycles. The van der Waals surface area contributed by atoms with Crippen LogP contribution in [-0.2, 0) is 0 Å². The lowest BCUT2D eigenvalue weighted by molar-refractivity contribution is 0.0594. The lowest BCUT2D eigenvalue weighted by atomic mass is 10.00. The summed E-state index contributed by atoms with van der Waals surface area (Å²) in [5.41, 5.74) is 1.09. The van der Waals surface area contributed by atoms with Crippen molar-refractivity contribution in [2.75, 3.05) is 19.6 Å². The fourth-order valence-corrected chi connectivity index (χ4v) is 4.17. The highest BCUT2D eigenvalue weighted by Gasteiger charge is 2.31. The quantitative estimate of drug-likeness (QED) is 0.725. The minimum Gasteiger partial charge on any atom is -0.337 e. The number of fused-ring (bicyclic) bond motifs is 1. The normalized spacial score (nSPS) is 17.1. The van der Waals surface area contributed by atoms with Crippen molar-refractivity contribution < 1.29 is 9.59 Å². The highest BCUT2D eigenvalue weighted by Crippen LogP contribution is 2.23. The van der Waals surface area contributed by atoms with Crippen molar-refractivity contribution in [3.8, 4) is 0 Å². The Balaban J connectivity index is 2.00.